The van der Waals surface area contributed by atoms with E-state index in [2.05, 4.69) is 18.6 Å². The summed E-state index contributed by atoms with van der Waals surface area (Å²) in [7, 11) is -3.68. The lowest BCUT2D eigenvalue weighted by atomic mass is 10.0. The molecule has 0 spiro atoms. The van der Waals surface area contributed by atoms with Gasteiger partial charge in [-0.1, -0.05) is 43.6 Å². The number of hydrogen-bond acceptors (Lipinski definition) is 3. The van der Waals surface area contributed by atoms with Crippen LogP contribution in [0.15, 0.2) is 53.4 Å². The molecule has 2 aromatic rings. The standard InChI is InChI=1S/C19H23ClN2O3S/c1-14(2)16-7-9-18(10-8-16)22(15(3)23)12-11-21-26(24,25)19-6-4-5-17(20)13-19/h4-10,13-14,21H,11-12H2,1-3H3. The Bertz CT molecular complexity index is 865. The Hall–Kier alpha value is -1.89. The van der Waals surface area contributed by atoms with Crippen LogP contribution in [-0.2, 0) is 14.8 Å². The van der Waals surface area contributed by atoms with Crippen LogP contribution >= 0.6 is 11.6 Å². The fourth-order valence-electron chi connectivity index (χ4n) is 2.52. The minimum absolute atomic E-state index is 0.0976. The third-order valence-corrected chi connectivity index (χ3v) is 5.68. The highest BCUT2D eigenvalue weighted by Crippen LogP contribution is 2.20. The number of rotatable bonds is 7. The van der Waals surface area contributed by atoms with E-state index < -0.39 is 10.0 Å². The van der Waals surface area contributed by atoms with Crippen molar-refractivity contribution in [2.45, 2.75) is 31.6 Å². The van der Waals surface area contributed by atoms with E-state index in [0.717, 1.165) is 5.69 Å². The van der Waals surface area contributed by atoms with Gasteiger partial charge in [0, 0.05) is 30.7 Å². The van der Waals surface area contributed by atoms with Crippen LogP contribution in [0.2, 0.25) is 5.02 Å². The predicted octanol–water partition coefficient (Wildman–Crippen LogP) is 3.79. The first-order valence-corrected chi connectivity index (χ1v) is 10.2. The largest absolute Gasteiger partial charge is 0.311 e. The van der Waals surface area contributed by atoms with Crippen LogP contribution in [0.5, 0.6) is 0 Å². The number of halogens is 1. The molecule has 0 aliphatic carbocycles. The molecule has 0 fully saturated rings. The zero-order valence-corrected chi connectivity index (χ0v) is 16.6. The summed E-state index contributed by atoms with van der Waals surface area (Å²) < 4.78 is 27.1. The molecule has 7 heteroatoms. The van der Waals surface area contributed by atoms with E-state index in [-0.39, 0.29) is 23.9 Å². The second kappa shape index (κ2) is 8.66. The first-order chi connectivity index (χ1) is 12.2. The highest BCUT2D eigenvalue weighted by atomic mass is 35.5. The average molecular weight is 395 g/mol. The zero-order valence-electron chi connectivity index (χ0n) is 15.1. The molecule has 0 radical (unpaired) electrons. The van der Waals surface area contributed by atoms with Crippen LogP contribution in [0.1, 0.15) is 32.3 Å². The van der Waals surface area contributed by atoms with Crippen molar-refractivity contribution >= 4 is 33.2 Å². The van der Waals surface area contributed by atoms with Gasteiger partial charge >= 0.3 is 0 Å². The van der Waals surface area contributed by atoms with Crippen molar-refractivity contribution in [3.63, 3.8) is 0 Å². The van der Waals surface area contributed by atoms with Gasteiger partial charge in [0.1, 0.15) is 0 Å². The maximum atomic E-state index is 12.3. The molecule has 1 amide bonds. The molecule has 2 rings (SSSR count). The van der Waals surface area contributed by atoms with E-state index in [0.29, 0.717) is 10.9 Å². The molecule has 26 heavy (non-hydrogen) atoms. The summed E-state index contributed by atoms with van der Waals surface area (Å²) in [6.07, 6.45) is 0. The Labute approximate surface area is 160 Å². The summed E-state index contributed by atoms with van der Waals surface area (Å²) in [6, 6.07) is 13.8. The van der Waals surface area contributed by atoms with Crippen molar-refractivity contribution in [2.24, 2.45) is 0 Å². The molecule has 0 aliphatic rings. The Morgan fingerprint density at radius 2 is 1.81 bits per heavy atom. The van der Waals surface area contributed by atoms with E-state index in [4.69, 9.17) is 11.6 Å². The summed E-state index contributed by atoms with van der Waals surface area (Å²) >= 11 is 5.85. The van der Waals surface area contributed by atoms with Crippen LogP contribution in [0.3, 0.4) is 0 Å². The molecule has 5 nitrogen and oxygen atoms in total. The molecule has 0 heterocycles. The summed E-state index contributed by atoms with van der Waals surface area (Å²) in [6.45, 7) is 5.99. The highest BCUT2D eigenvalue weighted by Gasteiger charge is 2.16. The third kappa shape index (κ3) is 5.30. The maximum Gasteiger partial charge on any atom is 0.240 e. The second-order valence-corrected chi connectivity index (χ2v) is 8.48. The predicted molar refractivity (Wildman–Crippen MR) is 105 cm³/mol. The number of amides is 1. The van der Waals surface area contributed by atoms with E-state index >= 15 is 0 Å². The monoisotopic (exact) mass is 394 g/mol. The Kier molecular flexibility index (Phi) is 6.81. The van der Waals surface area contributed by atoms with Crippen LogP contribution in [0.4, 0.5) is 5.69 Å². The van der Waals surface area contributed by atoms with Gasteiger partial charge < -0.3 is 4.90 Å². The lowest BCUT2D eigenvalue weighted by Crippen LogP contribution is -2.37. The summed E-state index contributed by atoms with van der Waals surface area (Å²) in [4.78, 5) is 13.6. The van der Waals surface area contributed by atoms with Crippen LogP contribution in [0, 0.1) is 0 Å². The summed E-state index contributed by atoms with van der Waals surface area (Å²) in [5.41, 5.74) is 1.92. The van der Waals surface area contributed by atoms with Gasteiger partial charge in [0.05, 0.1) is 4.90 Å². The number of hydrogen-bond donors (Lipinski definition) is 1. The van der Waals surface area contributed by atoms with E-state index in [1.54, 1.807) is 17.0 Å². The molecular formula is C19H23ClN2O3S. The lowest BCUT2D eigenvalue weighted by molar-refractivity contribution is -0.116. The minimum Gasteiger partial charge on any atom is -0.311 e. The molecular weight excluding hydrogens is 372 g/mol. The van der Waals surface area contributed by atoms with Gasteiger partial charge in [-0.2, -0.15) is 0 Å². The topological polar surface area (TPSA) is 66.5 Å². The summed E-state index contributed by atoms with van der Waals surface area (Å²) in [5, 5.41) is 0.350. The highest BCUT2D eigenvalue weighted by molar-refractivity contribution is 7.89. The van der Waals surface area contributed by atoms with Crippen molar-refractivity contribution < 1.29 is 13.2 Å². The van der Waals surface area contributed by atoms with E-state index in [1.807, 2.05) is 24.3 Å². The molecule has 0 saturated carbocycles. The van der Waals surface area contributed by atoms with Crippen molar-refractivity contribution in [3.05, 3.63) is 59.1 Å². The van der Waals surface area contributed by atoms with Gasteiger partial charge in [-0.15, -0.1) is 0 Å². The molecule has 0 bridgehead atoms. The van der Waals surface area contributed by atoms with Gasteiger partial charge in [0.25, 0.3) is 0 Å². The zero-order chi connectivity index (χ0) is 19.3. The number of nitrogens with one attached hydrogen (secondary N) is 1. The average Bonchev–Trinajstić information content (AvgIpc) is 2.58. The maximum absolute atomic E-state index is 12.3. The van der Waals surface area contributed by atoms with Gasteiger partial charge in [-0.3, -0.25) is 4.79 Å². The fourth-order valence-corrected chi connectivity index (χ4v) is 3.84. The van der Waals surface area contributed by atoms with Gasteiger partial charge in [0.2, 0.25) is 15.9 Å². The van der Waals surface area contributed by atoms with E-state index in [9.17, 15) is 13.2 Å². The van der Waals surface area contributed by atoms with Crippen LogP contribution < -0.4 is 9.62 Å². The first kappa shape index (κ1) is 20.4. The van der Waals surface area contributed by atoms with Crippen molar-refractivity contribution in [1.82, 2.24) is 4.72 Å². The SMILES string of the molecule is CC(=O)N(CCNS(=O)(=O)c1cccc(Cl)c1)c1ccc(C(C)C)cc1. The van der Waals surface area contributed by atoms with Gasteiger partial charge in [0.15, 0.2) is 0 Å². The third-order valence-electron chi connectivity index (χ3n) is 3.99. The molecule has 0 atom stereocenters. The smallest absolute Gasteiger partial charge is 0.240 e. The number of carbonyl (C=O) groups is 1. The first-order valence-electron chi connectivity index (χ1n) is 8.34. The molecule has 0 saturated heterocycles. The fraction of sp³-hybridized carbons (Fsp3) is 0.316. The Morgan fingerprint density at radius 3 is 2.35 bits per heavy atom. The molecule has 0 aliphatic heterocycles. The quantitative estimate of drug-likeness (QED) is 0.776. The molecule has 1 N–H and O–H groups in total. The molecule has 140 valence electrons. The van der Waals surface area contributed by atoms with Crippen LogP contribution in [0.25, 0.3) is 0 Å². The molecule has 0 aromatic heterocycles. The minimum atomic E-state index is -3.68. The molecule has 0 unspecified atom stereocenters. The van der Waals surface area contributed by atoms with Crippen molar-refractivity contribution in [1.29, 1.82) is 0 Å². The second-order valence-electron chi connectivity index (χ2n) is 6.27. The number of nitrogens with zero attached hydrogens (tertiary/aromatic N) is 1. The number of anilines is 1. The number of benzene rings is 2. The Morgan fingerprint density at radius 1 is 1.15 bits per heavy atom. The Balaban J connectivity index is 2.06. The van der Waals surface area contributed by atoms with Crippen molar-refractivity contribution in [2.75, 3.05) is 18.0 Å². The van der Waals surface area contributed by atoms with Crippen molar-refractivity contribution in [3.8, 4) is 0 Å². The lowest BCUT2D eigenvalue weighted by Gasteiger charge is -2.22. The van der Waals surface area contributed by atoms with E-state index in [1.165, 1.54) is 24.6 Å². The molecule has 2 aromatic carbocycles. The van der Waals surface area contributed by atoms with Gasteiger partial charge in [-0.25, -0.2) is 13.1 Å². The summed E-state index contributed by atoms with van der Waals surface area (Å²) in [5.74, 6) is 0.253. The van der Waals surface area contributed by atoms with Crippen LogP contribution in [-0.4, -0.2) is 27.4 Å². The number of sulfonamides is 1. The normalized spacial score (nSPS) is 11.6. The number of carbonyl (C=O) groups excluding carboxylic acids is 1. The van der Waals surface area contributed by atoms with Gasteiger partial charge in [-0.05, 0) is 41.8 Å².